The molecule has 0 aliphatic heterocycles. The Morgan fingerprint density at radius 1 is 1.33 bits per heavy atom. The smallest absolute Gasteiger partial charge is 0.258 e. The number of amides is 1. The van der Waals surface area contributed by atoms with E-state index in [9.17, 15) is 9.18 Å². The Balaban J connectivity index is 2.16. The van der Waals surface area contributed by atoms with Crippen LogP contribution >= 0.6 is 0 Å². The van der Waals surface area contributed by atoms with Gasteiger partial charge in [-0.25, -0.2) is 9.37 Å². The van der Waals surface area contributed by atoms with Crippen molar-refractivity contribution in [3.05, 3.63) is 53.5 Å². The number of pyridine rings is 1. The monoisotopic (exact) mass is 284 g/mol. The summed E-state index contributed by atoms with van der Waals surface area (Å²) in [5.74, 6) is -1.23. The van der Waals surface area contributed by atoms with Gasteiger partial charge in [0.25, 0.3) is 5.91 Å². The summed E-state index contributed by atoms with van der Waals surface area (Å²) < 4.78 is 14.0. The van der Waals surface area contributed by atoms with Crippen molar-refractivity contribution in [2.24, 2.45) is 0 Å². The first kappa shape index (κ1) is 14.5. The van der Waals surface area contributed by atoms with Crippen LogP contribution in [0.4, 0.5) is 15.9 Å². The molecule has 21 heavy (non-hydrogen) atoms. The quantitative estimate of drug-likeness (QED) is 0.904. The summed E-state index contributed by atoms with van der Waals surface area (Å²) in [6, 6.07) is 10.2. The Kier molecular flexibility index (Phi) is 4.46. The second-order valence-corrected chi connectivity index (χ2v) is 4.26. The zero-order valence-electron chi connectivity index (χ0n) is 11.4. The normalized spacial score (nSPS) is 9.76. The third kappa shape index (κ3) is 3.34. The lowest BCUT2D eigenvalue weighted by molar-refractivity contribution is 0.102. The van der Waals surface area contributed by atoms with Crippen LogP contribution in [0.3, 0.4) is 0 Å². The molecule has 0 saturated heterocycles. The summed E-state index contributed by atoms with van der Waals surface area (Å²) in [6.45, 7) is 0. The number of nitrogens with zero attached hydrogens (tertiary/aromatic N) is 2. The fourth-order valence-corrected chi connectivity index (χ4v) is 1.79. The molecule has 0 atom stereocenters. The number of carbonyl (C=O) groups excluding carboxylic acids is 1. The average molecular weight is 284 g/mol. The maximum Gasteiger partial charge on any atom is 0.258 e. The molecule has 0 aliphatic carbocycles. The Morgan fingerprint density at radius 2 is 2.05 bits per heavy atom. The predicted octanol–water partition coefficient (Wildman–Crippen LogP) is 2.58. The maximum atomic E-state index is 14.0. The van der Waals surface area contributed by atoms with Crippen molar-refractivity contribution in [2.75, 3.05) is 17.7 Å². The van der Waals surface area contributed by atoms with Crippen molar-refractivity contribution >= 4 is 17.4 Å². The molecule has 106 valence electrons. The SMILES string of the molecule is CNc1nccc(C(=O)Nc2ccc(CC#N)cc2)c1F. The van der Waals surface area contributed by atoms with Gasteiger partial charge < -0.3 is 10.6 Å². The molecule has 0 spiro atoms. The number of carbonyl (C=O) groups is 1. The van der Waals surface area contributed by atoms with Crippen LogP contribution in [-0.4, -0.2) is 17.9 Å². The number of hydrogen-bond donors (Lipinski definition) is 2. The molecule has 2 N–H and O–H groups in total. The molecule has 0 fully saturated rings. The van der Waals surface area contributed by atoms with Gasteiger partial charge in [0, 0.05) is 18.9 Å². The van der Waals surface area contributed by atoms with E-state index < -0.39 is 11.7 Å². The van der Waals surface area contributed by atoms with Crippen LogP contribution in [0.2, 0.25) is 0 Å². The van der Waals surface area contributed by atoms with E-state index in [2.05, 4.69) is 15.6 Å². The van der Waals surface area contributed by atoms with Crippen molar-refractivity contribution in [2.45, 2.75) is 6.42 Å². The van der Waals surface area contributed by atoms with E-state index in [-0.39, 0.29) is 11.4 Å². The number of rotatable bonds is 4. The highest BCUT2D eigenvalue weighted by Gasteiger charge is 2.15. The lowest BCUT2D eigenvalue weighted by Crippen LogP contribution is -2.15. The Morgan fingerprint density at radius 3 is 2.67 bits per heavy atom. The molecule has 0 aliphatic rings. The average Bonchev–Trinajstić information content (AvgIpc) is 2.49. The van der Waals surface area contributed by atoms with E-state index in [4.69, 9.17) is 5.26 Å². The molecule has 0 radical (unpaired) electrons. The third-order valence-corrected chi connectivity index (χ3v) is 2.87. The zero-order valence-corrected chi connectivity index (χ0v) is 11.4. The lowest BCUT2D eigenvalue weighted by Gasteiger charge is -2.08. The second kappa shape index (κ2) is 6.48. The number of halogens is 1. The molecule has 0 unspecified atom stereocenters. The van der Waals surface area contributed by atoms with E-state index in [1.54, 1.807) is 24.3 Å². The summed E-state index contributed by atoms with van der Waals surface area (Å²) >= 11 is 0. The van der Waals surface area contributed by atoms with Gasteiger partial charge in [0.05, 0.1) is 18.1 Å². The van der Waals surface area contributed by atoms with Gasteiger partial charge in [0.15, 0.2) is 11.6 Å². The van der Waals surface area contributed by atoms with Gasteiger partial charge in [-0.15, -0.1) is 0 Å². The largest absolute Gasteiger partial charge is 0.371 e. The fourth-order valence-electron chi connectivity index (χ4n) is 1.79. The van der Waals surface area contributed by atoms with Gasteiger partial charge in [0.1, 0.15) is 0 Å². The number of benzene rings is 1. The van der Waals surface area contributed by atoms with Crippen LogP contribution in [-0.2, 0) is 6.42 Å². The van der Waals surface area contributed by atoms with Crippen LogP contribution in [0, 0.1) is 17.1 Å². The van der Waals surface area contributed by atoms with Gasteiger partial charge in [-0.3, -0.25) is 4.79 Å². The third-order valence-electron chi connectivity index (χ3n) is 2.87. The van der Waals surface area contributed by atoms with Crippen molar-refractivity contribution < 1.29 is 9.18 Å². The highest BCUT2D eigenvalue weighted by Crippen LogP contribution is 2.17. The van der Waals surface area contributed by atoms with E-state index in [1.165, 1.54) is 19.3 Å². The number of nitriles is 1. The van der Waals surface area contributed by atoms with Gasteiger partial charge >= 0.3 is 0 Å². The molecule has 1 heterocycles. The summed E-state index contributed by atoms with van der Waals surface area (Å²) in [6.07, 6.45) is 1.67. The Hall–Kier alpha value is -2.94. The summed E-state index contributed by atoms with van der Waals surface area (Å²) in [5, 5.41) is 13.8. The maximum absolute atomic E-state index is 14.0. The summed E-state index contributed by atoms with van der Waals surface area (Å²) in [5.41, 5.74) is 1.29. The van der Waals surface area contributed by atoms with Crippen molar-refractivity contribution in [3.63, 3.8) is 0 Å². The highest BCUT2D eigenvalue weighted by atomic mass is 19.1. The first-order chi connectivity index (χ1) is 10.2. The van der Waals surface area contributed by atoms with Crippen LogP contribution < -0.4 is 10.6 Å². The van der Waals surface area contributed by atoms with Crippen molar-refractivity contribution in [3.8, 4) is 6.07 Å². The standard InChI is InChI=1S/C15H13FN4O/c1-18-14-13(16)12(7-9-19-14)15(21)20-11-4-2-10(3-5-11)6-8-17/h2-5,7,9H,6H2,1H3,(H,18,19)(H,20,21). The first-order valence-corrected chi connectivity index (χ1v) is 6.25. The number of nitrogens with one attached hydrogen (secondary N) is 2. The first-order valence-electron chi connectivity index (χ1n) is 6.25. The van der Waals surface area contributed by atoms with Crippen LogP contribution in [0.5, 0.6) is 0 Å². The van der Waals surface area contributed by atoms with Crippen molar-refractivity contribution in [1.82, 2.24) is 4.98 Å². The van der Waals surface area contributed by atoms with Gasteiger partial charge in [-0.05, 0) is 23.8 Å². The predicted molar refractivity (Wildman–Crippen MR) is 77.5 cm³/mol. The molecular weight excluding hydrogens is 271 g/mol. The molecular formula is C15H13FN4O. The van der Waals surface area contributed by atoms with Crippen LogP contribution in [0.15, 0.2) is 36.5 Å². The van der Waals surface area contributed by atoms with E-state index in [1.807, 2.05) is 6.07 Å². The Bertz CT molecular complexity index is 692. The molecule has 2 aromatic rings. The number of hydrogen-bond acceptors (Lipinski definition) is 4. The zero-order chi connectivity index (χ0) is 15.2. The molecule has 2 rings (SSSR count). The van der Waals surface area contributed by atoms with Gasteiger partial charge in [-0.2, -0.15) is 5.26 Å². The summed E-state index contributed by atoms with van der Waals surface area (Å²) in [4.78, 5) is 15.8. The molecule has 0 saturated carbocycles. The van der Waals surface area contributed by atoms with Crippen LogP contribution in [0.25, 0.3) is 0 Å². The van der Waals surface area contributed by atoms with Crippen molar-refractivity contribution in [1.29, 1.82) is 5.26 Å². The molecule has 5 nitrogen and oxygen atoms in total. The minimum Gasteiger partial charge on any atom is -0.371 e. The minimum atomic E-state index is -0.696. The topological polar surface area (TPSA) is 77.8 Å². The molecule has 1 aromatic carbocycles. The van der Waals surface area contributed by atoms with Crippen LogP contribution in [0.1, 0.15) is 15.9 Å². The molecule has 0 bridgehead atoms. The lowest BCUT2D eigenvalue weighted by atomic mass is 10.1. The highest BCUT2D eigenvalue weighted by molar-refractivity contribution is 6.04. The van der Waals surface area contributed by atoms with Gasteiger partial charge in [0.2, 0.25) is 0 Å². The summed E-state index contributed by atoms with van der Waals surface area (Å²) in [7, 11) is 1.53. The second-order valence-electron chi connectivity index (χ2n) is 4.26. The molecule has 1 amide bonds. The van der Waals surface area contributed by atoms with E-state index >= 15 is 0 Å². The van der Waals surface area contributed by atoms with Gasteiger partial charge in [-0.1, -0.05) is 12.1 Å². The fraction of sp³-hybridized carbons (Fsp3) is 0.133. The Labute approximate surface area is 121 Å². The molecule has 1 aromatic heterocycles. The molecule has 6 heteroatoms. The number of aromatic nitrogens is 1. The minimum absolute atomic E-state index is 0.0204. The number of anilines is 2. The van der Waals surface area contributed by atoms with E-state index in [0.717, 1.165) is 5.56 Å². The van der Waals surface area contributed by atoms with E-state index in [0.29, 0.717) is 12.1 Å².